The van der Waals surface area contributed by atoms with Crippen LogP contribution in [0.25, 0.3) is 0 Å². The number of aliphatic carboxylic acids is 1. The van der Waals surface area contributed by atoms with Gasteiger partial charge in [0.15, 0.2) is 0 Å². The molecule has 2 atom stereocenters. The minimum Gasteiger partial charge on any atom is -0.481 e. The second kappa shape index (κ2) is 7.02. The Morgan fingerprint density at radius 3 is 2.78 bits per heavy atom. The molecule has 2 N–H and O–H groups in total. The zero-order valence-electron chi connectivity index (χ0n) is 14.1. The number of carboxylic acids is 1. The molecule has 126 valence electrons. The van der Waals surface area contributed by atoms with Crippen LogP contribution in [0.5, 0.6) is 0 Å². The number of urea groups is 1. The first kappa shape index (κ1) is 17.3. The molecule has 2 amide bonds. The van der Waals surface area contributed by atoms with Gasteiger partial charge in [-0.1, -0.05) is 38.1 Å². The van der Waals surface area contributed by atoms with Crippen molar-refractivity contribution in [3.05, 3.63) is 35.4 Å². The molecule has 0 heterocycles. The number of nitrogens with one attached hydrogen (secondary N) is 1. The fourth-order valence-corrected chi connectivity index (χ4v) is 3.29. The number of amides is 2. The third kappa shape index (κ3) is 4.03. The topological polar surface area (TPSA) is 69.6 Å². The van der Waals surface area contributed by atoms with Gasteiger partial charge in [-0.25, -0.2) is 4.79 Å². The summed E-state index contributed by atoms with van der Waals surface area (Å²) < 4.78 is 0. The van der Waals surface area contributed by atoms with E-state index in [0.717, 1.165) is 19.3 Å². The predicted octanol–water partition coefficient (Wildman–Crippen LogP) is 2.64. The lowest BCUT2D eigenvalue weighted by Gasteiger charge is -2.36. The Morgan fingerprint density at radius 2 is 2.09 bits per heavy atom. The summed E-state index contributed by atoms with van der Waals surface area (Å²) in [6.45, 7) is 4.55. The van der Waals surface area contributed by atoms with Gasteiger partial charge >= 0.3 is 12.0 Å². The van der Waals surface area contributed by atoms with E-state index < -0.39 is 11.9 Å². The fourth-order valence-electron chi connectivity index (χ4n) is 3.29. The van der Waals surface area contributed by atoms with E-state index in [4.69, 9.17) is 5.11 Å². The molecule has 0 saturated carbocycles. The molecule has 5 nitrogen and oxygen atoms in total. The van der Waals surface area contributed by atoms with Crippen molar-refractivity contribution < 1.29 is 14.7 Å². The molecule has 1 aliphatic rings. The number of hydrogen-bond donors (Lipinski definition) is 2. The Labute approximate surface area is 137 Å². The van der Waals surface area contributed by atoms with E-state index in [9.17, 15) is 9.59 Å². The number of nitrogens with zero attached hydrogens (tertiary/aromatic N) is 1. The van der Waals surface area contributed by atoms with Crippen LogP contribution in [0.1, 0.15) is 37.8 Å². The molecule has 0 radical (unpaired) electrons. The van der Waals surface area contributed by atoms with E-state index >= 15 is 0 Å². The third-order valence-corrected chi connectivity index (χ3v) is 4.79. The summed E-state index contributed by atoms with van der Waals surface area (Å²) in [7, 11) is 1.63. The Balaban J connectivity index is 1.98. The SMILES string of the molecule is CC(CN(C)C(=O)NCC1(C)CCCc2ccccc21)C(=O)O. The van der Waals surface area contributed by atoms with Gasteiger partial charge in [-0.2, -0.15) is 0 Å². The minimum absolute atomic E-state index is 0.0657. The Hall–Kier alpha value is -2.04. The molecule has 5 heteroatoms. The monoisotopic (exact) mass is 318 g/mol. The van der Waals surface area contributed by atoms with Gasteiger partial charge < -0.3 is 15.3 Å². The number of carboxylic acid groups (broad SMARTS) is 1. The summed E-state index contributed by atoms with van der Waals surface area (Å²) in [6, 6.07) is 8.20. The fraction of sp³-hybridized carbons (Fsp3) is 0.556. The lowest BCUT2D eigenvalue weighted by atomic mass is 9.71. The normalized spacial score (nSPS) is 21.2. The second-order valence-corrected chi connectivity index (χ2v) is 6.85. The van der Waals surface area contributed by atoms with E-state index in [1.165, 1.54) is 16.0 Å². The number of carbonyl (C=O) groups is 2. The molecule has 2 rings (SSSR count). The van der Waals surface area contributed by atoms with Crippen molar-refractivity contribution in [2.24, 2.45) is 5.92 Å². The van der Waals surface area contributed by atoms with Crippen LogP contribution in [0, 0.1) is 5.92 Å². The Bertz CT molecular complexity index is 587. The maximum Gasteiger partial charge on any atom is 0.317 e. The Morgan fingerprint density at radius 1 is 1.39 bits per heavy atom. The van der Waals surface area contributed by atoms with Crippen LogP contribution in [0.2, 0.25) is 0 Å². The van der Waals surface area contributed by atoms with Crippen LogP contribution in [0.15, 0.2) is 24.3 Å². The highest BCUT2D eigenvalue weighted by molar-refractivity contribution is 5.75. The highest BCUT2D eigenvalue weighted by Gasteiger charge is 2.32. The van der Waals surface area contributed by atoms with Gasteiger partial charge in [-0.3, -0.25) is 4.79 Å². The summed E-state index contributed by atoms with van der Waals surface area (Å²) in [4.78, 5) is 24.6. The number of fused-ring (bicyclic) bond motifs is 1. The number of rotatable bonds is 5. The van der Waals surface area contributed by atoms with Crippen LogP contribution in [0.4, 0.5) is 4.79 Å². The van der Waals surface area contributed by atoms with Gasteiger partial charge in [0.25, 0.3) is 0 Å². The zero-order chi connectivity index (χ0) is 17.0. The van der Waals surface area contributed by atoms with Crippen LogP contribution in [-0.4, -0.2) is 42.1 Å². The van der Waals surface area contributed by atoms with Crippen molar-refractivity contribution in [2.75, 3.05) is 20.1 Å². The molecule has 1 aromatic rings. The summed E-state index contributed by atoms with van der Waals surface area (Å²) in [5.74, 6) is -1.46. The molecule has 2 unspecified atom stereocenters. The predicted molar refractivity (Wildman–Crippen MR) is 89.6 cm³/mol. The summed E-state index contributed by atoms with van der Waals surface area (Å²) in [5.41, 5.74) is 2.61. The molecule has 0 bridgehead atoms. The number of benzene rings is 1. The average molecular weight is 318 g/mol. The second-order valence-electron chi connectivity index (χ2n) is 6.85. The van der Waals surface area contributed by atoms with E-state index in [0.29, 0.717) is 6.54 Å². The molecule has 1 aliphatic carbocycles. The average Bonchev–Trinajstić information content (AvgIpc) is 2.53. The van der Waals surface area contributed by atoms with E-state index in [-0.39, 0.29) is 18.0 Å². The van der Waals surface area contributed by atoms with Crippen LogP contribution in [0.3, 0.4) is 0 Å². The number of hydrogen-bond acceptors (Lipinski definition) is 2. The third-order valence-electron chi connectivity index (χ3n) is 4.79. The number of aryl methyl sites for hydroxylation is 1. The molecular formula is C18H26N2O3. The van der Waals surface area contributed by atoms with Crippen LogP contribution >= 0.6 is 0 Å². The first-order chi connectivity index (χ1) is 10.8. The molecule has 0 aliphatic heterocycles. The molecule has 0 spiro atoms. The lowest BCUT2D eigenvalue weighted by molar-refractivity contribution is -0.141. The van der Waals surface area contributed by atoms with E-state index in [1.807, 2.05) is 6.07 Å². The first-order valence-electron chi connectivity index (χ1n) is 8.13. The first-order valence-corrected chi connectivity index (χ1v) is 8.13. The van der Waals surface area contributed by atoms with Gasteiger partial charge in [-0.05, 0) is 30.4 Å². The van der Waals surface area contributed by atoms with Crippen molar-refractivity contribution in [3.63, 3.8) is 0 Å². The van der Waals surface area contributed by atoms with E-state index in [1.54, 1.807) is 14.0 Å². The largest absolute Gasteiger partial charge is 0.481 e. The minimum atomic E-state index is -0.891. The maximum atomic E-state index is 12.2. The van der Waals surface area contributed by atoms with Crippen molar-refractivity contribution in [1.29, 1.82) is 0 Å². The molecule has 23 heavy (non-hydrogen) atoms. The summed E-state index contributed by atoms with van der Waals surface area (Å²) in [6.07, 6.45) is 3.25. The maximum absolute atomic E-state index is 12.2. The lowest BCUT2D eigenvalue weighted by Crippen LogP contribution is -2.46. The molecular weight excluding hydrogens is 292 g/mol. The van der Waals surface area contributed by atoms with Gasteiger partial charge in [-0.15, -0.1) is 0 Å². The van der Waals surface area contributed by atoms with Crippen molar-refractivity contribution >= 4 is 12.0 Å². The van der Waals surface area contributed by atoms with Crippen LogP contribution in [-0.2, 0) is 16.6 Å². The highest BCUT2D eigenvalue weighted by Crippen LogP contribution is 2.36. The Kier molecular flexibility index (Phi) is 5.29. The summed E-state index contributed by atoms with van der Waals surface area (Å²) >= 11 is 0. The van der Waals surface area contributed by atoms with Gasteiger partial charge in [0.1, 0.15) is 0 Å². The summed E-state index contributed by atoms with van der Waals surface area (Å²) in [5, 5.41) is 11.9. The molecule has 0 saturated heterocycles. The van der Waals surface area contributed by atoms with Gasteiger partial charge in [0.05, 0.1) is 5.92 Å². The highest BCUT2D eigenvalue weighted by atomic mass is 16.4. The van der Waals surface area contributed by atoms with E-state index in [2.05, 4.69) is 30.4 Å². The van der Waals surface area contributed by atoms with Crippen molar-refractivity contribution in [1.82, 2.24) is 10.2 Å². The van der Waals surface area contributed by atoms with Crippen molar-refractivity contribution in [3.8, 4) is 0 Å². The van der Waals surface area contributed by atoms with Crippen LogP contribution < -0.4 is 5.32 Å². The molecule has 1 aromatic carbocycles. The standard InChI is InChI=1S/C18H26N2O3/c1-13(16(21)22)11-20(3)17(23)19-12-18(2)10-6-8-14-7-4-5-9-15(14)18/h4-5,7,9,13H,6,8,10-12H2,1-3H3,(H,19,23)(H,21,22). The molecule has 0 fully saturated rings. The quantitative estimate of drug-likeness (QED) is 0.877. The number of carbonyl (C=O) groups excluding carboxylic acids is 1. The smallest absolute Gasteiger partial charge is 0.317 e. The van der Waals surface area contributed by atoms with Crippen molar-refractivity contribution in [2.45, 2.75) is 38.5 Å². The molecule has 0 aromatic heterocycles. The van der Waals surface area contributed by atoms with Gasteiger partial charge in [0.2, 0.25) is 0 Å². The van der Waals surface area contributed by atoms with Gasteiger partial charge in [0, 0.05) is 25.6 Å². The zero-order valence-corrected chi connectivity index (χ0v) is 14.1.